The van der Waals surface area contributed by atoms with E-state index in [0.29, 0.717) is 12.8 Å². The fourth-order valence-electron chi connectivity index (χ4n) is 5.55. The first kappa shape index (κ1) is 20.6. The number of fused-ring (bicyclic) bond motifs is 1. The zero-order chi connectivity index (χ0) is 20.5. The molecule has 2 aliphatic carbocycles. The molecule has 28 heavy (non-hydrogen) atoms. The Labute approximate surface area is 166 Å². The quantitative estimate of drug-likeness (QED) is 0.753. The molecule has 1 aromatic carbocycles. The number of rotatable bonds is 6. The molecule has 3 rings (SSSR count). The van der Waals surface area contributed by atoms with Crippen molar-refractivity contribution in [2.45, 2.75) is 59.3 Å². The summed E-state index contributed by atoms with van der Waals surface area (Å²) < 4.78 is 4.96. The molecule has 5 heteroatoms. The van der Waals surface area contributed by atoms with E-state index in [4.69, 9.17) is 4.74 Å². The molecule has 4 unspecified atom stereocenters. The maximum atomic E-state index is 12.8. The molecule has 1 aromatic rings. The van der Waals surface area contributed by atoms with Crippen LogP contribution < -0.4 is 0 Å². The minimum absolute atomic E-state index is 0.0168. The van der Waals surface area contributed by atoms with Gasteiger partial charge in [-0.3, -0.25) is 14.4 Å². The number of esters is 1. The summed E-state index contributed by atoms with van der Waals surface area (Å²) in [7, 11) is 0. The van der Waals surface area contributed by atoms with Crippen molar-refractivity contribution >= 4 is 17.5 Å². The van der Waals surface area contributed by atoms with Gasteiger partial charge in [0.25, 0.3) is 0 Å². The summed E-state index contributed by atoms with van der Waals surface area (Å²) in [4.78, 5) is 36.3. The monoisotopic (exact) mass is 386 g/mol. The molecule has 0 aromatic heterocycles. The van der Waals surface area contributed by atoms with E-state index < -0.39 is 5.97 Å². The van der Waals surface area contributed by atoms with Crippen LogP contribution >= 0.6 is 0 Å². The summed E-state index contributed by atoms with van der Waals surface area (Å²) in [5, 5.41) is 9.79. The van der Waals surface area contributed by atoms with Crippen molar-refractivity contribution in [3.8, 4) is 5.75 Å². The lowest BCUT2D eigenvalue weighted by molar-refractivity contribution is -0.148. The molecular formula is C23H30O5. The molecule has 0 radical (unpaired) electrons. The molecule has 0 saturated heterocycles. The highest BCUT2D eigenvalue weighted by Gasteiger charge is 2.54. The van der Waals surface area contributed by atoms with E-state index in [-0.39, 0.29) is 47.1 Å². The molecule has 2 aliphatic rings. The molecule has 0 spiro atoms. The Morgan fingerprint density at radius 3 is 2.79 bits per heavy atom. The van der Waals surface area contributed by atoms with Crippen molar-refractivity contribution in [1.29, 1.82) is 0 Å². The van der Waals surface area contributed by atoms with Crippen LogP contribution in [0.15, 0.2) is 18.2 Å². The SMILES string of the molecule is CC(=O)OCC(=O)C1CCC2(C)CC(=O)CC(CCc3cc(O)ccc3C)C12. The number of hydrogen-bond donors (Lipinski definition) is 1. The van der Waals surface area contributed by atoms with Crippen molar-refractivity contribution in [2.24, 2.45) is 23.2 Å². The van der Waals surface area contributed by atoms with Gasteiger partial charge in [-0.05, 0) is 73.1 Å². The molecule has 152 valence electrons. The average molecular weight is 386 g/mol. The normalized spacial score (nSPS) is 29.4. The van der Waals surface area contributed by atoms with Gasteiger partial charge in [0.15, 0.2) is 5.78 Å². The highest BCUT2D eigenvalue weighted by atomic mass is 16.5. The largest absolute Gasteiger partial charge is 0.508 e. The number of Topliss-reactive ketones (excluding diaryl/α,β-unsaturated/α-hetero) is 2. The number of phenolic OH excluding ortho intramolecular Hbond substituents is 1. The summed E-state index contributed by atoms with van der Waals surface area (Å²) in [6, 6.07) is 5.37. The van der Waals surface area contributed by atoms with Crippen LogP contribution in [0.2, 0.25) is 0 Å². The lowest BCUT2D eigenvalue weighted by Crippen LogP contribution is -2.42. The molecule has 2 fully saturated rings. The standard InChI is InChI=1S/C23H30O5/c1-14-4-7-18(25)10-16(14)5-6-17-11-19(26)12-23(3)9-8-20(22(17)23)21(27)13-28-15(2)24/h4,7,10,17,20,22,25H,5-6,8-9,11-13H2,1-3H3. The minimum Gasteiger partial charge on any atom is -0.508 e. The number of ketones is 2. The van der Waals surface area contributed by atoms with Gasteiger partial charge in [0.2, 0.25) is 0 Å². The molecule has 0 heterocycles. The first-order chi connectivity index (χ1) is 13.2. The second kappa shape index (κ2) is 8.06. The smallest absolute Gasteiger partial charge is 0.303 e. The van der Waals surface area contributed by atoms with Crippen LogP contribution in [-0.4, -0.2) is 29.2 Å². The lowest BCUT2D eigenvalue weighted by atomic mass is 9.60. The average Bonchev–Trinajstić information content (AvgIpc) is 2.97. The molecule has 0 amide bonds. The fraction of sp³-hybridized carbons (Fsp3) is 0.609. The topological polar surface area (TPSA) is 80.7 Å². The fourth-order valence-corrected chi connectivity index (χ4v) is 5.55. The van der Waals surface area contributed by atoms with Crippen LogP contribution in [0, 0.1) is 30.1 Å². The Bertz CT molecular complexity index is 783. The van der Waals surface area contributed by atoms with E-state index >= 15 is 0 Å². The molecule has 0 bridgehead atoms. The molecule has 2 saturated carbocycles. The second-order valence-electron chi connectivity index (χ2n) is 8.90. The molecule has 1 N–H and O–H groups in total. The van der Waals surface area contributed by atoms with Crippen molar-refractivity contribution in [2.75, 3.05) is 6.61 Å². The number of carbonyl (C=O) groups is 3. The van der Waals surface area contributed by atoms with E-state index in [1.165, 1.54) is 6.92 Å². The van der Waals surface area contributed by atoms with Crippen molar-refractivity contribution in [3.63, 3.8) is 0 Å². The number of aryl methyl sites for hydroxylation is 2. The number of aromatic hydroxyl groups is 1. The summed E-state index contributed by atoms with van der Waals surface area (Å²) in [6.45, 7) is 5.30. The van der Waals surface area contributed by atoms with Crippen LogP contribution in [0.25, 0.3) is 0 Å². The summed E-state index contributed by atoms with van der Waals surface area (Å²) in [5.74, 6) is 0.214. The van der Waals surface area contributed by atoms with Crippen molar-refractivity contribution < 1.29 is 24.2 Å². The van der Waals surface area contributed by atoms with Crippen molar-refractivity contribution in [3.05, 3.63) is 29.3 Å². The first-order valence-electron chi connectivity index (χ1n) is 10.2. The molecule has 5 nitrogen and oxygen atoms in total. The number of carbonyl (C=O) groups excluding carboxylic acids is 3. The second-order valence-corrected chi connectivity index (χ2v) is 8.90. The van der Waals surface area contributed by atoms with Crippen LogP contribution in [0.4, 0.5) is 0 Å². The zero-order valence-corrected chi connectivity index (χ0v) is 17.0. The van der Waals surface area contributed by atoms with E-state index in [9.17, 15) is 19.5 Å². The van der Waals surface area contributed by atoms with Crippen LogP contribution in [-0.2, 0) is 25.5 Å². The van der Waals surface area contributed by atoms with Gasteiger partial charge >= 0.3 is 5.97 Å². The number of ether oxygens (including phenoxy) is 1. The summed E-state index contributed by atoms with van der Waals surface area (Å²) in [5.41, 5.74) is 2.06. The first-order valence-corrected chi connectivity index (χ1v) is 10.2. The lowest BCUT2D eigenvalue weighted by Gasteiger charge is -2.43. The molecule has 4 atom stereocenters. The predicted molar refractivity (Wildman–Crippen MR) is 105 cm³/mol. The maximum Gasteiger partial charge on any atom is 0.303 e. The third-order valence-corrected chi connectivity index (χ3v) is 6.81. The third kappa shape index (κ3) is 4.29. The minimum atomic E-state index is -0.441. The van der Waals surface area contributed by atoms with Gasteiger partial charge in [0.05, 0.1) is 0 Å². The van der Waals surface area contributed by atoms with Crippen molar-refractivity contribution in [1.82, 2.24) is 0 Å². The van der Waals surface area contributed by atoms with Gasteiger partial charge in [-0.25, -0.2) is 0 Å². The van der Waals surface area contributed by atoms with E-state index in [1.807, 2.05) is 13.0 Å². The predicted octanol–water partition coefficient (Wildman–Crippen LogP) is 3.78. The number of hydrogen-bond acceptors (Lipinski definition) is 5. The maximum absolute atomic E-state index is 12.8. The summed E-state index contributed by atoms with van der Waals surface area (Å²) in [6.07, 6.45) is 4.26. The Hall–Kier alpha value is -2.17. The molecule has 0 aliphatic heterocycles. The van der Waals surface area contributed by atoms with Crippen LogP contribution in [0.5, 0.6) is 5.75 Å². The van der Waals surface area contributed by atoms with E-state index in [0.717, 1.165) is 36.8 Å². The summed E-state index contributed by atoms with van der Waals surface area (Å²) >= 11 is 0. The van der Waals surface area contributed by atoms with Crippen LogP contribution in [0.1, 0.15) is 57.1 Å². The Morgan fingerprint density at radius 1 is 1.32 bits per heavy atom. The Balaban J connectivity index is 1.78. The van der Waals surface area contributed by atoms with Gasteiger partial charge in [-0.2, -0.15) is 0 Å². The Morgan fingerprint density at radius 2 is 2.07 bits per heavy atom. The van der Waals surface area contributed by atoms with Gasteiger partial charge < -0.3 is 9.84 Å². The van der Waals surface area contributed by atoms with Crippen LogP contribution in [0.3, 0.4) is 0 Å². The van der Waals surface area contributed by atoms with Gasteiger partial charge in [0.1, 0.15) is 18.1 Å². The Kier molecular flexibility index (Phi) is 5.92. The van der Waals surface area contributed by atoms with Gasteiger partial charge in [-0.1, -0.05) is 13.0 Å². The highest BCUT2D eigenvalue weighted by molar-refractivity contribution is 5.86. The van der Waals surface area contributed by atoms with E-state index in [1.54, 1.807) is 12.1 Å². The molecular weight excluding hydrogens is 356 g/mol. The number of phenols is 1. The van der Waals surface area contributed by atoms with Gasteiger partial charge in [0, 0.05) is 25.7 Å². The highest BCUT2D eigenvalue weighted by Crippen LogP contribution is 2.57. The van der Waals surface area contributed by atoms with Gasteiger partial charge in [-0.15, -0.1) is 0 Å². The van der Waals surface area contributed by atoms with E-state index in [2.05, 4.69) is 6.92 Å². The number of benzene rings is 1. The third-order valence-electron chi connectivity index (χ3n) is 6.81. The zero-order valence-electron chi connectivity index (χ0n) is 17.0.